The van der Waals surface area contributed by atoms with Crippen molar-refractivity contribution in [2.24, 2.45) is 0 Å². The third kappa shape index (κ3) is 3.97. The van der Waals surface area contributed by atoms with Crippen LogP contribution in [0.25, 0.3) is 0 Å². The van der Waals surface area contributed by atoms with Crippen molar-refractivity contribution < 1.29 is 0 Å². The molecule has 0 unspecified atom stereocenters. The highest BCUT2D eigenvalue weighted by atomic mass is 15.2. The van der Waals surface area contributed by atoms with Crippen LogP contribution in [0.3, 0.4) is 0 Å². The fourth-order valence-electron chi connectivity index (χ4n) is 2.91. The summed E-state index contributed by atoms with van der Waals surface area (Å²) in [4.78, 5) is 4.92. The SMILES string of the molecule is CC(C)NCc1ccccc1N1CCC(N(C)C)CC1. The van der Waals surface area contributed by atoms with Crippen molar-refractivity contribution in [1.29, 1.82) is 0 Å². The maximum atomic E-state index is 3.53. The normalized spacial score (nSPS) is 17.2. The van der Waals surface area contributed by atoms with Crippen LogP contribution in [0.5, 0.6) is 0 Å². The first-order valence-corrected chi connectivity index (χ1v) is 7.80. The van der Waals surface area contributed by atoms with Crippen molar-refractivity contribution >= 4 is 5.69 Å². The van der Waals surface area contributed by atoms with Crippen LogP contribution >= 0.6 is 0 Å². The van der Waals surface area contributed by atoms with E-state index >= 15 is 0 Å². The van der Waals surface area contributed by atoms with Gasteiger partial charge < -0.3 is 15.1 Å². The summed E-state index contributed by atoms with van der Waals surface area (Å²) in [6, 6.07) is 10.1. The summed E-state index contributed by atoms with van der Waals surface area (Å²) in [5, 5.41) is 3.53. The minimum absolute atomic E-state index is 0.530. The Morgan fingerprint density at radius 2 is 1.85 bits per heavy atom. The Hall–Kier alpha value is -1.06. The van der Waals surface area contributed by atoms with Crippen LogP contribution in [0, 0.1) is 0 Å². The lowest BCUT2D eigenvalue weighted by Gasteiger charge is -2.37. The van der Waals surface area contributed by atoms with E-state index in [0.717, 1.165) is 12.6 Å². The average Bonchev–Trinajstić information content (AvgIpc) is 2.45. The molecule has 0 aromatic heterocycles. The standard InChI is InChI=1S/C17H29N3/c1-14(2)18-13-15-7-5-6-8-17(15)20-11-9-16(10-12-20)19(3)4/h5-8,14,16,18H,9-13H2,1-4H3. The molecule has 1 aliphatic heterocycles. The summed E-state index contributed by atoms with van der Waals surface area (Å²) in [5.74, 6) is 0. The van der Waals surface area contributed by atoms with E-state index in [1.807, 2.05) is 0 Å². The van der Waals surface area contributed by atoms with E-state index in [2.05, 4.69) is 67.3 Å². The highest BCUT2D eigenvalue weighted by Gasteiger charge is 2.21. The van der Waals surface area contributed by atoms with Gasteiger partial charge in [-0.1, -0.05) is 32.0 Å². The predicted molar refractivity (Wildman–Crippen MR) is 87.3 cm³/mol. The molecule has 0 radical (unpaired) electrons. The van der Waals surface area contributed by atoms with E-state index in [1.165, 1.54) is 37.2 Å². The third-order valence-electron chi connectivity index (χ3n) is 4.23. The molecule has 0 atom stereocenters. The Labute approximate surface area is 124 Å². The number of para-hydroxylation sites is 1. The zero-order valence-electron chi connectivity index (χ0n) is 13.4. The summed E-state index contributed by atoms with van der Waals surface area (Å²) in [7, 11) is 4.39. The molecule has 0 spiro atoms. The first kappa shape index (κ1) is 15.3. The molecule has 1 saturated heterocycles. The highest BCUT2D eigenvalue weighted by Crippen LogP contribution is 2.25. The van der Waals surface area contributed by atoms with Crippen LogP contribution in [0.2, 0.25) is 0 Å². The van der Waals surface area contributed by atoms with Gasteiger partial charge in [-0.3, -0.25) is 0 Å². The van der Waals surface area contributed by atoms with Crippen LogP contribution in [0.1, 0.15) is 32.3 Å². The minimum Gasteiger partial charge on any atom is -0.371 e. The largest absolute Gasteiger partial charge is 0.371 e. The molecule has 0 saturated carbocycles. The smallest absolute Gasteiger partial charge is 0.0411 e. The van der Waals surface area contributed by atoms with Crippen LogP contribution in [-0.4, -0.2) is 44.2 Å². The maximum absolute atomic E-state index is 3.53. The lowest BCUT2D eigenvalue weighted by atomic mass is 10.0. The van der Waals surface area contributed by atoms with Crippen molar-refractivity contribution in [3.8, 4) is 0 Å². The van der Waals surface area contributed by atoms with E-state index in [0.29, 0.717) is 6.04 Å². The summed E-state index contributed by atoms with van der Waals surface area (Å²) < 4.78 is 0. The van der Waals surface area contributed by atoms with Gasteiger partial charge in [0, 0.05) is 37.4 Å². The molecule has 1 heterocycles. The number of benzene rings is 1. The Balaban J connectivity index is 2.02. The van der Waals surface area contributed by atoms with E-state index < -0.39 is 0 Å². The molecule has 1 aromatic carbocycles. The summed E-state index contributed by atoms with van der Waals surface area (Å²) in [6.07, 6.45) is 2.53. The van der Waals surface area contributed by atoms with E-state index in [-0.39, 0.29) is 0 Å². The van der Waals surface area contributed by atoms with E-state index in [9.17, 15) is 0 Å². The number of hydrogen-bond donors (Lipinski definition) is 1. The van der Waals surface area contributed by atoms with Gasteiger partial charge >= 0.3 is 0 Å². The Kier molecular flexibility index (Phi) is 5.44. The van der Waals surface area contributed by atoms with Gasteiger partial charge in [-0.25, -0.2) is 0 Å². The van der Waals surface area contributed by atoms with Crippen molar-refractivity contribution in [3.05, 3.63) is 29.8 Å². The first-order chi connectivity index (χ1) is 9.58. The zero-order valence-corrected chi connectivity index (χ0v) is 13.4. The second kappa shape index (κ2) is 7.09. The fourth-order valence-corrected chi connectivity index (χ4v) is 2.91. The van der Waals surface area contributed by atoms with E-state index in [1.54, 1.807) is 0 Å². The topological polar surface area (TPSA) is 18.5 Å². The maximum Gasteiger partial charge on any atom is 0.0411 e. The van der Waals surface area contributed by atoms with Gasteiger partial charge in [0.15, 0.2) is 0 Å². The predicted octanol–water partition coefficient (Wildman–Crippen LogP) is 2.72. The summed E-state index contributed by atoms with van der Waals surface area (Å²) in [6.45, 7) is 7.70. The molecule has 0 aliphatic carbocycles. The molecular formula is C17H29N3. The molecule has 1 aliphatic rings. The number of nitrogens with one attached hydrogen (secondary N) is 1. The van der Waals surface area contributed by atoms with Crippen LogP contribution < -0.4 is 10.2 Å². The van der Waals surface area contributed by atoms with Gasteiger partial charge in [-0.05, 0) is 38.6 Å². The van der Waals surface area contributed by atoms with E-state index in [4.69, 9.17) is 0 Å². The molecule has 1 fully saturated rings. The Morgan fingerprint density at radius 1 is 1.20 bits per heavy atom. The molecule has 3 nitrogen and oxygen atoms in total. The number of anilines is 1. The van der Waals surface area contributed by atoms with Crippen molar-refractivity contribution in [3.63, 3.8) is 0 Å². The van der Waals surface area contributed by atoms with Gasteiger partial charge in [0.25, 0.3) is 0 Å². The van der Waals surface area contributed by atoms with Crippen molar-refractivity contribution in [1.82, 2.24) is 10.2 Å². The zero-order chi connectivity index (χ0) is 14.5. The Morgan fingerprint density at radius 3 is 2.45 bits per heavy atom. The molecular weight excluding hydrogens is 246 g/mol. The van der Waals surface area contributed by atoms with Crippen LogP contribution in [-0.2, 0) is 6.54 Å². The van der Waals surface area contributed by atoms with Gasteiger partial charge in [-0.2, -0.15) is 0 Å². The number of rotatable bonds is 5. The molecule has 3 heteroatoms. The second-order valence-electron chi connectivity index (χ2n) is 6.35. The van der Waals surface area contributed by atoms with Crippen LogP contribution in [0.15, 0.2) is 24.3 Å². The molecule has 20 heavy (non-hydrogen) atoms. The summed E-state index contributed by atoms with van der Waals surface area (Å²) in [5.41, 5.74) is 2.84. The fraction of sp³-hybridized carbons (Fsp3) is 0.647. The minimum atomic E-state index is 0.530. The number of piperidine rings is 1. The number of hydrogen-bond acceptors (Lipinski definition) is 3. The second-order valence-corrected chi connectivity index (χ2v) is 6.35. The lowest BCUT2D eigenvalue weighted by Crippen LogP contribution is -2.42. The molecule has 2 rings (SSSR count). The van der Waals surface area contributed by atoms with Gasteiger partial charge in [0.05, 0.1) is 0 Å². The quantitative estimate of drug-likeness (QED) is 0.891. The third-order valence-corrected chi connectivity index (χ3v) is 4.23. The highest BCUT2D eigenvalue weighted by molar-refractivity contribution is 5.54. The molecule has 1 N–H and O–H groups in total. The average molecular weight is 275 g/mol. The van der Waals surface area contributed by atoms with Crippen molar-refractivity contribution in [2.75, 3.05) is 32.1 Å². The monoisotopic (exact) mass is 275 g/mol. The first-order valence-electron chi connectivity index (χ1n) is 7.80. The Bertz CT molecular complexity index is 406. The molecule has 0 bridgehead atoms. The van der Waals surface area contributed by atoms with Gasteiger partial charge in [0.2, 0.25) is 0 Å². The van der Waals surface area contributed by atoms with Crippen LogP contribution in [0.4, 0.5) is 5.69 Å². The molecule has 1 aromatic rings. The van der Waals surface area contributed by atoms with Gasteiger partial charge in [0.1, 0.15) is 0 Å². The van der Waals surface area contributed by atoms with Gasteiger partial charge in [-0.15, -0.1) is 0 Å². The molecule has 112 valence electrons. The molecule has 0 amide bonds. The van der Waals surface area contributed by atoms with Crippen molar-refractivity contribution in [2.45, 2.75) is 45.3 Å². The summed E-state index contributed by atoms with van der Waals surface area (Å²) >= 11 is 0. The lowest BCUT2D eigenvalue weighted by molar-refractivity contribution is 0.249. The number of nitrogens with zero attached hydrogens (tertiary/aromatic N) is 2.